The predicted molar refractivity (Wildman–Crippen MR) is 90.4 cm³/mol. The van der Waals surface area contributed by atoms with E-state index >= 15 is 0 Å². The number of methoxy groups -OCH3 is 1. The maximum Gasteiger partial charge on any atom is 0.264 e. The van der Waals surface area contributed by atoms with Crippen LogP contribution in [0.15, 0.2) is 18.2 Å². The standard InChI is InChI=1S/C16H21N3O3S/c1-4-5-6-15-18-19-16(23-15)17-14(20)10-22-12-8-7-11(2)9-13(12)21-3/h7-9H,4-6,10H2,1-3H3,(H,17,19,20). The Morgan fingerprint density at radius 3 is 2.87 bits per heavy atom. The average Bonchev–Trinajstić information content (AvgIpc) is 2.98. The van der Waals surface area contributed by atoms with Crippen molar-refractivity contribution in [1.82, 2.24) is 10.2 Å². The monoisotopic (exact) mass is 335 g/mol. The van der Waals surface area contributed by atoms with Gasteiger partial charge in [-0.25, -0.2) is 0 Å². The lowest BCUT2D eigenvalue weighted by Crippen LogP contribution is -2.20. The quantitative estimate of drug-likeness (QED) is 0.802. The lowest BCUT2D eigenvalue weighted by Gasteiger charge is -2.10. The van der Waals surface area contributed by atoms with E-state index in [4.69, 9.17) is 9.47 Å². The molecule has 0 atom stereocenters. The van der Waals surface area contributed by atoms with E-state index < -0.39 is 0 Å². The zero-order valence-electron chi connectivity index (χ0n) is 13.6. The Bertz CT molecular complexity index is 658. The van der Waals surface area contributed by atoms with E-state index in [1.54, 1.807) is 13.2 Å². The van der Waals surface area contributed by atoms with Crippen molar-refractivity contribution in [2.24, 2.45) is 0 Å². The maximum atomic E-state index is 11.9. The van der Waals surface area contributed by atoms with Crippen LogP contribution in [-0.2, 0) is 11.2 Å². The van der Waals surface area contributed by atoms with Gasteiger partial charge in [-0.3, -0.25) is 10.1 Å². The smallest absolute Gasteiger partial charge is 0.264 e. The molecule has 0 saturated heterocycles. The zero-order valence-corrected chi connectivity index (χ0v) is 14.4. The molecule has 23 heavy (non-hydrogen) atoms. The molecule has 1 aromatic carbocycles. The molecule has 0 aliphatic heterocycles. The fraction of sp³-hybridized carbons (Fsp3) is 0.438. The lowest BCUT2D eigenvalue weighted by molar-refractivity contribution is -0.118. The van der Waals surface area contributed by atoms with Crippen molar-refractivity contribution in [3.8, 4) is 11.5 Å². The number of rotatable bonds is 8. The minimum Gasteiger partial charge on any atom is -0.493 e. The molecule has 0 radical (unpaired) electrons. The first-order valence-corrected chi connectivity index (χ1v) is 8.33. The molecule has 2 rings (SSSR count). The number of amides is 1. The number of carbonyl (C=O) groups is 1. The second kappa shape index (κ2) is 8.47. The Morgan fingerprint density at radius 2 is 2.13 bits per heavy atom. The van der Waals surface area contributed by atoms with Crippen LogP contribution < -0.4 is 14.8 Å². The Balaban J connectivity index is 1.86. The molecule has 1 amide bonds. The molecule has 0 saturated carbocycles. The van der Waals surface area contributed by atoms with Gasteiger partial charge in [-0.05, 0) is 31.0 Å². The van der Waals surface area contributed by atoms with Crippen molar-refractivity contribution in [1.29, 1.82) is 0 Å². The van der Waals surface area contributed by atoms with Crippen LogP contribution in [0.25, 0.3) is 0 Å². The summed E-state index contributed by atoms with van der Waals surface area (Å²) < 4.78 is 10.7. The minimum atomic E-state index is -0.272. The third kappa shape index (κ3) is 5.21. The highest BCUT2D eigenvalue weighted by molar-refractivity contribution is 7.15. The van der Waals surface area contributed by atoms with Gasteiger partial charge in [0.25, 0.3) is 5.91 Å². The molecule has 0 bridgehead atoms. The molecule has 0 aliphatic rings. The molecule has 1 N–H and O–H groups in total. The van der Waals surface area contributed by atoms with Crippen LogP contribution >= 0.6 is 11.3 Å². The third-order valence-corrected chi connectivity index (χ3v) is 4.03. The van der Waals surface area contributed by atoms with Crippen molar-refractivity contribution in [2.45, 2.75) is 33.1 Å². The number of nitrogens with one attached hydrogen (secondary N) is 1. The summed E-state index contributed by atoms with van der Waals surface area (Å²) in [5, 5.41) is 12.2. The number of anilines is 1. The van der Waals surface area contributed by atoms with Crippen LogP contribution in [0, 0.1) is 6.92 Å². The molecular weight excluding hydrogens is 314 g/mol. The van der Waals surface area contributed by atoms with Gasteiger partial charge in [0.05, 0.1) is 7.11 Å². The Morgan fingerprint density at radius 1 is 1.30 bits per heavy atom. The van der Waals surface area contributed by atoms with E-state index in [2.05, 4.69) is 22.4 Å². The van der Waals surface area contributed by atoms with E-state index in [-0.39, 0.29) is 12.5 Å². The predicted octanol–water partition coefficient (Wildman–Crippen LogP) is 3.22. The highest BCUT2D eigenvalue weighted by Crippen LogP contribution is 2.27. The summed E-state index contributed by atoms with van der Waals surface area (Å²) in [7, 11) is 1.57. The molecule has 1 aromatic heterocycles. The van der Waals surface area contributed by atoms with Crippen LogP contribution in [0.1, 0.15) is 30.3 Å². The average molecular weight is 335 g/mol. The number of aromatic nitrogens is 2. The first-order chi connectivity index (χ1) is 11.1. The first kappa shape index (κ1) is 17.2. The Hall–Kier alpha value is -2.15. The second-order valence-corrected chi connectivity index (χ2v) is 6.16. The maximum absolute atomic E-state index is 11.9. The number of aryl methyl sites for hydroxylation is 2. The fourth-order valence-corrected chi connectivity index (χ4v) is 2.72. The molecule has 6 nitrogen and oxygen atoms in total. The SMILES string of the molecule is CCCCc1nnc(NC(=O)COc2ccc(C)cc2OC)s1. The van der Waals surface area contributed by atoms with Crippen molar-refractivity contribution in [3.63, 3.8) is 0 Å². The topological polar surface area (TPSA) is 73.3 Å². The van der Waals surface area contributed by atoms with Crippen LogP contribution in [0.2, 0.25) is 0 Å². The van der Waals surface area contributed by atoms with E-state index in [1.165, 1.54) is 11.3 Å². The number of hydrogen-bond acceptors (Lipinski definition) is 6. The van der Waals surface area contributed by atoms with Crippen molar-refractivity contribution >= 4 is 22.4 Å². The summed E-state index contributed by atoms with van der Waals surface area (Å²) in [4.78, 5) is 11.9. The molecule has 0 aliphatic carbocycles. The number of unbranched alkanes of at least 4 members (excludes halogenated alkanes) is 1. The molecular formula is C16H21N3O3S. The van der Waals surface area contributed by atoms with Gasteiger partial charge in [0.1, 0.15) is 5.01 Å². The first-order valence-electron chi connectivity index (χ1n) is 7.52. The van der Waals surface area contributed by atoms with Gasteiger partial charge < -0.3 is 9.47 Å². The van der Waals surface area contributed by atoms with Gasteiger partial charge in [0, 0.05) is 6.42 Å². The number of hydrogen-bond donors (Lipinski definition) is 1. The molecule has 0 spiro atoms. The molecule has 124 valence electrons. The zero-order chi connectivity index (χ0) is 16.7. The van der Waals surface area contributed by atoms with Gasteiger partial charge in [-0.1, -0.05) is 30.7 Å². The lowest BCUT2D eigenvalue weighted by atomic mass is 10.2. The van der Waals surface area contributed by atoms with Crippen molar-refractivity contribution in [3.05, 3.63) is 28.8 Å². The number of benzene rings is 1. The van der Waals surface area contributed by atoms with Gasteiger partial charge in [-0.2, -0.15) is 0 Å². The molecule has 1 heterocycles. The Labute approximate surface area is 139 Å². The third-order valence-electron chi connectivity index (χ3n) is 3.14. The fourth-order valence-electron chi connectivity index (χ4n) is 1.93. The van der Waals surface area contributed by atoms with E-state index in [9.17, 15) is 4.79 Å². The summed E-state index contributed by atoms with van der Waals surface area (Å²) in [5.41, 5.74) is 1.06. The molecule has 2 aromatic rings. The minimum absolute atomic E-state index is 0.108. The van der Waals surface area contributed by atoms with E-state index in [0.29, 0.717) is 16.6 Å². The number of carbonyl (C=O) groups excluding carboxylic acids is 1. The highest BCUT2D eigenvalue weighted by Gasteiger charge is 2.11. The summed E-state index contributed by atoms with van der Waals surface area (Å²) in [6.07, 6.45) is 3.06. The molecule has 7 heteroatoms. The number of ether oxygens (including phenoxy) is 2. The summed E-state index contributed by atoms with van der Waals surface area (Å²) >= 11 is 1.40. The van der Waals surface area contributed by atoms with Crippen LogP contribution in [0.5, 0.6) is 11.5 Å². The van der Waals surface area contributed by atoms with Crippen molar-refractivity contribution in [2.75, 3.05) is 19.0 Å². The normalized spacial score (nSPS) is 10.4. The van der Waals surface area contributed by atoms with Crippen LogP contribution in [-0.4, -0.2) is 29.8 Å². The largest absolute Gasteiger partial charge is 0.493 e. The summed E-state index contributed by atoms with van der Waals surface area (Å²) in [6.45, 7) is 3.98. The van der Waals surface area contributed by atoms with Crippen LogP contribution in [0.4, 0.5) is 5.13 Å². The van der Waals surface area contributed by atoms with Gasteiger partial charge in [0.2, 0.25) is 5.13 Å². The Kier molecular flexibility index (Phi) is 6.34. The van der Waals surface area contributed by atoms with Gasteiger partial charge in [0.15, 0.2) is 18.1 Å². The van der Waals surface area contributed by atoms with Crippen LogP contribution in [0.3, 0.4) is 0 Å². The molecule has 0 unspecified atom stereocenters. The summed E-state index contributed by atoms with van der Waals surface area (Å²) in [6, 6.07) is 5.55. The van der Waals surface area contributed by atoms with Crippen molar-refractivity contribution < 1.29 is 14.3 Å². The number of nitrogens with zero attached hydrogens (tertiary/aromatic N) is 2. The van der Waals surface area contributed by atoms with Gasteiger partial charge >= 0.3 is 0 Å². The van der Waals surface area contributed by atoms with E-state index in [0.717, 1.165) is 29.8 Å². The summed E-state index contributed by atoms with van der Waals surface area (Å²) in [5.74, 6) is 0.871. The van der Waals surface area contributed by atoms with Gasteiger partial charge in [-0.15, -0.1) is 10.2 Å². The second-order valence-electron chi connectivity index (χ2n) is 5.10. The molecule has 0 fully saturated rings. The highest BCUT2D eigenvalue weighted by atomic mass is 32.1. The van der Waals surface area contributed by atoms with E-state index in [1.807, 2.05) is 19.1 Å².